The molecule has 0 spiro atoms. The van der Waals surface area contributed by atoms with Gasteiger partial charge in [-0.25, -0.2) is 0 Å². The third kappa shape index (κ3) is 2.72. The van der Waals surface area contributed by atoms with E-state index in [-0.39, 0.29) is 12.0 Å². The van der Waals surface area contributed by atoms with Crippen molar-refractivity contribution in [2.45, 2.75) is 25.4 Å². The topological polar surface area (TPSA) is 55.6 Å². The van der Waals surface area contributed by atoms with Crippen molar-refractivity contribution < 1.29 is 9.53 Å². The Kier molecular flexibility index (Phi) is 4.03. The van der Waals surface area contributed by atoms with Gasteiger partial charge >= 0.3 is 0 Å². The Morgan fingerprint density at radius 3 is 3.05 bits per heavy atom. The van der Waals surface area contributed by atoms with Gasteiger partial charge in [0.1, 0.15) is 0 Å². The van der Waals surface area contributed by atoms with Crippen molar-refractivity contribution in [1.82, 2.24) is 4.90 Å². The zero-order valence-electron chi connectivity index (χ0n) is 11.8. The summed E-state index contributed by atoms with van der Waals surface area (Å²) in [6.07, 6.45) is 2.35. The Morgan fingerprint density at radius 1 is 1.40 bits per heavy atom. The Morgan fingerprint density at radius 2 is 2.25 bits per heavy atom. The van der Waals surface area contributed by atoms with Crippen LogP contribution in [0.25, 0.3) is 0 Å². The van der Waals surface area contributed by atoms with Crippen LogP contribution < -0.4 is 5.73 Å². The fraction of sp³-hybridized carbons (Fsp3) is 0.562. The summed E-state index contributed by atoms with van der Waals surface area (Å²) in [5.74, 6) is 0.668. The molecule has 1 fully saturated rings. The molecule has 0 bridgehead atoms. The summed E-state index contributed by atoms with van der Waals surface area (Å²) in [5, 5.41) is 0. The Bertz CT molecular complexity index is 489. The predicted octanol–water partition coefficient (Wildman–Crippen LogP) is 1.50. The van der Waals surface area contributed by atoms with E-state index in [1.54, 1.807) is 0 Å². The summed E-state index contributed by atoms with van der Waals surface area (Å²) in [6, 6.07) is 8.29. The summed E-state index contributed by atoms with van der Waals surface area (Å²) in [5.41, 5.74) is 8.18. The third-order valence-electron chi connectivity index (χ3n) is 4.42. The fourth-order valence-corrected chi connectivity index (χ4v) is 3.19. The predicted molar refractivity (Wildman–Crippen MR) is 77.2 cm³/mol. The number of carbonyl (C=O) groups is 1. The first kappa shape index (κ1) is 13.6. The molecule has 0 aliphatic carbocycles. The SMILES string of the molecule is NCC1CCN(C(=O)CC2OCCc3ccccc32)C1. The van der Waals surface area contributed by atoms with E-state index in [9.17, 15) is 4.79 Å². The van der Waals surface area contributed by atoms with E-state index >= 15 is 0 Å². The van der Waals surface area contributed by atoms with Crippen LogP contribution in [-0.4, -0.2) is 37.0 Å². The number of hydrogen-bond donors (Lipinski definition) is 1. The molecule has 20 heavy (non-hydrogen) atoms. The lowest BCUT2D eigenvalue weighted by Gasteiger charge is -2.27. The van der Waals surface area contributed by atoms with Crippen LogP contribution in [0.4, 0.5) is 0 Å². The van der Waals surface area contributed by atoms with Gasteiger partial charge in [-0.2, -0.15) is 0 Å². The van der Waals surface area contributed by atoms with Crippen molar-refractivity contribution in [1.29, 1.82) is 0 Å². The molecule has 4 nitrogen and oxygen atoms in total. The summed E-state index contributed by atoms with van der Waals surface area (Å²) < 4.78 is 5.82. The lowest BCUT2D eigenvalue weighted by atomic mass is 9.95. The van der Waals surface area contributed by atoms with Gasteiger partial charge in [0, 0.05) is 13.1 Å². The average molecular weight is 274 g/mol. The zero-order valence-corrected chi connectivity index (χ0v) is 11.8. The van der Waals surface area contributed by atoms with Crippen LogP contribution in [0.2, 0.25) is 0 Å². The number of carbonyl (C=O) groups excluding carboxylic acids is 1. The highest BCUT2D eigenvalue weighted by Gasteiger charge is 2.29. The lowest BCUT2D eigenvalue weighted by Crippen LogP contribution is -2.32. The lowest BCUT2D eigenvalue weighted by molar-refractivity contribution is -0.133. The number of hydrogen-bond acceptors (Lipinski definition) is 3. The zero-order chi connectivity index (χ0) is 13.9. The summed E-state index contributed by atoms with van der Waals surface area (Å²) >= 11 is 0. The third-order valence-corrected chi connectivity index (χ3v) is 4.42. The molecule has 1 saturated heterocycles. The number of fused-ring (bicyclic) bond motifs is 1. The Labute approximate surface area is 119 Å². The van der Waals surface area contributed by atoms with Crippen LogP contribution in [-0.2, 0) is 16.0 Å². The molecule has 0 radical (unpaired) electrons. The second-order valence-corrected chi connectivity index (χ2v) is 5.74. The molecule has 108 valence electrons. The molecule has 2 unspecified atom stereocenters. The van der Waals surface area contributed by atoms with Crippen LogP contribution >= 0.6 is 0 Å². The molecule has 4 heteroatoms. The van der Waals surface area contributed by atoms with Crippen molar-refractivity contribution in [3.63, 3.8) is 0 Å². The quantitative estimate of drug-likeness (QED) is 0.908. The summed E-state index contributed by atoms with van der Waals surface area (Å²) in [6.45, 7) is 3.03. The molecule has 2 aliphatic rings. The maximum absolute atomic E-state index is 12.4. The van der Waals surface area contributed by atoms with Crippen LogP contribution in [0.5, 0.6) is 0 Å². The molecule has 2 N–H and O–H groups in total. The van der Waals surface area contributed by atoms with E-state index < -0.39 is 0 Å². The van der Waals surface area contributed by atoms with Gasteiger partial charge < -0.3 is 15.4 Å². The number of rotatable bonds is 3. The van der Waals surface area contributed by atoms with Crippen molar-refractivity contribution in [2.75, 3.05) is 26.2 Å². The first-order valence-corrected chi connectivity index (χ1v) is 7.45. The van der Waals surface area contributed by atoms with Crippen molar-refractivity contribution in [2.24, 2.45) is 11.7 Å². The highest BCUT2D eigenvalue weighted by Crippen LogP contribution is 2.30. The smallest absolute Gasteiger partial charge is 0.225 e. The number of benzene rings is 1. The number of ether oxygens (including phenoxy) is 1. The number of amides is 1. The maximum atomic E-state index is 12.4. The molecule has 1 aromatic rings. The Hall–Kier alpha value is -1.39. The van der Waals surface area contributed by atoms with Gasteiger partial charge in [0.2, 0.25) is 5.91 Å². The Balaban J connectivity index is 1.65. The maximum Gasteiger partial charge on any atom is 0.225 e. The van der Waals surface area contributed by atoms with Gasteiger partial charge in [-0.1, -0.05) is 24.3 Å². The van der Waals surface area contributed by atoms with Crippen molar-refractivity contribution >= 4 is 5.91 Å². The van der Waals surface area contributed by atoms with Crippen LogP contribution in [0.3, 0.4) is 0 Å². The summed E-state index contributed by atoms with van der Waals surface area (Å²) in [7, 11) is 0. The molecular weight excluding hydrogens is 252 g/mol. The standard InChI is InChI=1S/C16H22N2O2/c17-10-12-5-7-18(11-12)16(19)9-15-14-4-2-1-3-13(14)6-8-20-15/h1-4,12,15H,5-11,17H2. The van der Waals surface area contributed by atoms with Crippen LogP contribution in [0, 0.1) is 5.92 Å². The van der Waals surface area contributed by atoms with Gasteiger partial charge in [-0.3, -0.25) is 4.79 Å². The highest BCUT2D eigenvalue weighted by molar-refractivity contribution is 5.77. The first-order valence-electron chi connectivity index (χ1n) is 7.45. The minimum Gasteiger partial charge on any atom is -0.373 e. The minimum atomic E-state index is -0.0793. The molecule has 0 saturated carbocycles. The van der Waals surface area contributed by atoms with Gasteiger partial charge in [-0.15, -0.1) is 0 Å². The second kappa shape index (κ2) is 5.94. The largest absolute Gasteiger partial charge is 0.373 e. The van der Waals surface area contributed by atoms with Crippen LogP contribution in [0.1, 0.15) is 30.1 Å². The summed E-state index contributed by atoms with van der Waals surface area (Å²) in [4.78, 5) is 14.3. The molecule has 1 aromatic carbocycles. The van der Waals surface area contributed by atoms with Gasteiger partial charge in [0.15, 0.2) is 0 Å². The van der Waals surface area contributed by atoms with Gasteiger partial charge in [-0.05, 0) is 36.4 Å². The van der Waals surface area contributed by atoms with E-state index in [1.165, 1.54) is 11.1 Å². The normalized spacial score (nSPS) is 25.6. The average Bonchev–Trinajstić information content (AvgIpc) is 2.97. The van der Waals surface area contributed by atoms with Crippen molar-refractivity contribution in [3.8, 4) is 0 Å². The molecule has 2 atom stereocenters. The monoisotopic (exact) mass is 274 g/mol. The van der Waals surface area contributed by atoms with Crippen LogP contribution in [0.15, 0.2) is 24.3 Å². The fourth-order valence-electron chi connectivity index (χ4n) is 3.19. The van der Waals surface area contributed by atoms with E-state index in [0.29, 0.717) is 25.5 Å². The van der Waals surface area contributed by atoms with Crippen molar-refractivity contribution in [3.05, 3.63) is 35.4 Å². The van der Waals surface area contributed by atoms with E-state index in [1.807, 2.05) is 11.0 Å². The van der Waals surface area contributed by atoms with E-state index in [4.69, 9.17) is 10.5 Å². The minimum absolute atomic E-state index is 0.0793. The first-order chi connectivity index (χ1) is 9.78. The molecular formula is C16H22N2O2. The number of nitrogens with two attached hydrogens (primary N) is 1. The number of likely N-dealkylation sites (tertiary alicyclic amines) is 1. The van der Waals surface area contributed by atoms with Gasteiger partial charge in [0.25, 0.3) is 0 Å². The molecule has 3 rings (SSSR count). The second-order valence-electron chi connectivity index (χ2n) is 5.74. The van der Waals surface area contributed by atoms with Gasteiger partial charge in [0.05, 0.1) is 19.1 Å². The molecule has 2 heterocycles. The van der Waals surface area contributed by atoms with E-state index in [2.05, 4.69) is 18.2 Å². The molecule has 2 aliphatic heterocycles. The molecule has 1 amide bonds. The van der Waals surface area contributed by atoms with E-state index in [0.717, 1.165) is 25.9 Å². The number of nitrogens with zero attached hydrogens (tertiary/aromatic N) is 1. The molecule has 0 aromatic heterocycles. The highest BCUT2D eigenvalue weighted by atomic mass is 16.5.